The summed E-state index contributed by atoms with van der Waals surface area (Å²) in [5.41, 5.74) is 1.92. The molecule has 0 saturated heterocycles. The van der Waals surface area contributed by atoms with Crippen molar-refractivity contribution in [3.8, 4) is 11.5 Å². The summed E-state index contributed by atoms with van der Waals surface area (Å²) in [6.07, 6.45) is 5.11. The molecule has 3 rings (SSSR count). The molecule has 0 aliphatic heterocycles. The first-order valence-electron chi connectivity index (χ1n) is 12.6. The van der Waals surface area contributed by atoms with Gasteiger partial charge in [-0.25, -0.2) is 0 Å². The average molecular weight is 501 g/mol. The van der Waals surface area contributed by atoms with E-state index in [1.807, 2.05) is 51.1 Å². The molecule has 2 amide bonds. The smallest absolute Gasteiger partial charge is 0.242 e. The second-order valence-corrected chi connectivity index (χ2v) is 9.40. The third-order valence-corrected chi connectivity index (χ3v) is 6.62. The van der Waals surface area contributed by atoms with E-state index in [-0.39, 0.29) is 24.3 Å². The van der Waals surface area contributed by atoms with E-state index in [4.69, 9.17) is 21.1 Å². The van der Waals surface area contributed by atoms with Gasteiger partial charge in [-0.05, 0) is 75.4 Å². The molecule has 7 heteroatoms. The van der Waals surface area contributed by atoms with Crippen molar-refractivity contribution in [2.24, 2.45) is 0 Å². The highest BCUT2D eigenvalue weighted by molar-refractivity contribution is 6.30. The molecular weight excluding hydrogens is 464 g/mol. The Kier molecular flexibility index (Phi) is 10.3. The van der Waals surface area contributed by atoms with Crippen molar-refractivity contribution in [1.29, 1.82) is 0 Å². The Morgan fingerprint density at radius 3 is 2.29 bits per heavy atom. The number of nitrogens with zero attached hydrogens (tertiary/aromatic N) is 1. The van der Waals surface area contributed by atoms with Crippen LogP contribution in [-0.4, -0.2) is 42.0 Å². The van der Waals surface area contributed by atoms with Crippen molar-refractivity contribution in [3.63, 3.8) is 0 Å². The summed E-state index contributed by atoms with van der Waals surface area (Å²) in [5.74, 6) is 1.22. The Labute approximate surface area is 213 Å². The number of carbonyl (C=O) groups is 2. The molecule has 0 unspecified atom stereocenters. The number of aryl methyl sites for hydroxylation is 1. The molecule has 2 aromatic rings. The molecule has 2 aromatic carbocycles. The molecule has 1 N–H and O–H groups in total. The van der Waals surface area contributed by atoms with E-state index in [0.29, 0.717) is 42.7 Å². The normalized spacial score (nSPS) is 14.4. The number of nitrogens with one attached hydrogen (secondary N) is 1. The van der Waals surface area contributed by atoms with E-state index >= 15 is 0 Å². The molecule has 1 fully saturated rings. The average Bonchev–Trinajstić information content (AvgIpc) is 3.36. The van der Waals surface area contributed by atoms with Crippen molar-refractivity contribution in [2.75, 3.05) is 13.2 Å². The second kappa shape index (κ2) is 13.4. The van der Waals surface area contributed by atoms with Gasteiger partial charge < -0.3 is 19.7 Å². The summed E-state index contributed by atoms with van der Waals surface area (Å²) in [5, 5.41) is 3.78. The van der Waals surface area contributed by atoms with Crippen molar-refractivity contribution in [3.05, 3.63) is 58.6 Å². The molecule has 0 aromatic heterocycles. The van der Waals surface area contributed by atoms with Gasteiger partial charge >= 0.3 is 0 Å². The summed E-state index contributed by atoms with van der Waals surface area (Å²) in [7, 11) is 0. The molecule has 1 aliphatic rings. The topological polar surface area (TPSA) is 67.9 Å². The Hall–Kier alpha value is -2.73. The predicted octanol–water partition coefficient (Wildman–Crippen LogP) is 5.55. The lowest BCUT2D eigenvalue weighted by molar-refractivity contribution is -0.140. The van der Waals surface area contributed by atoms with Gasteiger partial charge in [0.05, 0.1) is 13.2 Å². The largest absolute Gasteiger partial charge is 0.490 e. The molecule has 1 aliphatic carbocycles. The van der Waals surface area contributed by atoms with Gasteiger partial charge in [0, 0.05) is 24.0 Å². The standard InChI is InChI=1S/C28H37ClN2O4/c1-4-34-25-16-12-21(18-26(25)35-5-2)13-17-27(32)31(19-22-10-14-23(29)15-11-22)20(3)28(33)30-24-8-6-7-9-24/h10-12,14-16,18,20,24H,4-9,13,17,19H2,1-3H3,(H,30,33)/t20-/m0/s1. The van der Waals surface area contributed by atoms with E-state index in [0.717, 1.165) is 36.8 Å². The quantitative estimate of drug-likeness (QED) is 0.415. The molecule has 0 radical (unpaired) electrons. The fraction of sp³-hybridized carbons (Fsp3) is 0.500. The van der Waals surface area contributed by atoms with Crippen LogP contribution in [0.25, 0.3) is 0 Å². The zero-order valence-electron chi connectivity index (χ0n) is 21.0. The lowest BCUT2D eigenvalue weighted by atomic mass is 10.1. The van der Waals surface area contributed by atoms with Crippen molar-refractivity contribution >= 4 is 23.4 Å². The Balaban J connectivity index is 1.72. The van der Waals surface area contributed by atoms with Gasteiger partial charge in [0.2, 0.25) is 11.8 Å². The van der Waals surface area contributed by atoms with E-state index in [1.54, 1.807) is 17.0 Å². The van der Waals surface area contributed by atoms with Crippen LogP contribution in [0.3, 0.4) is 0 Å². The van der Waals surface area contributed by atoms with E-state index in [2.05, 4.69) is 5.32 Å². The lowest BCUT2D eigenvalue weighted by Gasteiger charge is -2.30. The maximum atomic E-state index is 13.4. The third-order valence-electron chi connectivity index (χ3n) is 6.37. The number of hydrogen-bond acceptors (Lipinski definition) is 4. The number of rotatable bonds is 12. The van der Waals surface area contributed by atoms with Crippen LogP contribution in [-0.2, 0) is 22.6 Å². The van der Waals surface area contributed by atoms with Crippen LogP contribution in [0.4, 0.5) is 0 Å². The van der Waals surface area contributed by atoms with Crippen LogP contribution in [0, 0.1) is 0 Å². The molecule has 0 spiro atoms. The zero-order valence-corrected chi connectivity index (χ0v) is 21.8. The van der Waals surface area contributed by atoms with Crippen LogP contribution in [0.1, 0.15) is 64.0 Å². The molecule has 0 heterocycles. The maximum Gasteiger partial charge on any atom is 0.242 e. The first kappa shape index (κ1) is 26.9. The number of carbonyl (C=O) groups excluding carboxylic acids is 2. The van der Waals surface area contributed by atoms with Crippen LogP contribution in [0.15, 0.2) is 42.5 Å². The summed E-state index contributed by atoms with van der Waals surface area (Å²) < 4.78 is 11.4. The number of amides is 2. The van der Waals surface area contributed by atoms with Crippen LogP contribution in [0.5, 0.6) is 11.5 Å². The van der Waals surface area contributed by atoms with Gasteiger partial charge in [-0.1, -0.05) is 42.6 Å². The third kappa shape index (κ3) is 7.89. The molecule has 35 heavy (non-hydrogen) atoms. The van der Waals surface area contributed by atoms with Crippen LogP contribution in [0.2, 0.25) is 5.02 Å². The fourth-order valence-corrected chi connectivity index (χ4v) is 4.53. The first-order chi connectivity index (χ1) is 16.9. The van der Waals surface area contributed by atoms with Gasteiger partial charge in [0.25, 0.3) is 0 Å². The summed E-state index contributed by atoms with van der Waals surface area (Å²) >= 11 is 6.04. The summed E-state index contributed by atoms with van der Waals surface area (Å²) in [4.78, 5) is 28.1. The molecule has 0 bridgehead atoms. The minimum atomic E-state index is -0.571. The minimum absolute atomic E-state index is 0.0686. The van der Waals surface area contributed by atoms with Gasteiger partial charge in [-0.2, -0.15) is 0 Å². The van der Waals surface area contributed by atoms with Gasteiger partial charge in [-0.15, -0.1) is 0 Å². The van der Waals surface area contributed by atoms with Gasteiger partial charge in [0.15, 0.2) is 11.5 Å². The molecule has 1 saturated carbocycles. The number of ether oxygens (including phenoxy) is 2. The molecule has 6 nitrogen and oxygen atoms in total. The van der Waals surface area contributed by atoms with Crippen molar-refractivity contribution in [2.45, 2.75) is 77.9 Å². The lowest BCUT2D eigenvalue weighted by Crippen LogP contribution is -2.49. The summed E-state index contributed by atoms with van der Waals surface area (Å²) in [6.45, 7) is 7.11. The van der Waals surface area contributed by atoms with Crippen molar-refractivity contribution in [1.82, 2.24) is 10.2 Å². The fourth-order valence-electron chi connectivity index (χ4n) is 4.41. The number of benzene rings is 2. The highest BCUT2D eigenvalue weighted by atomic mass is 35.5. The highest BCUT2D eigenvalue weighted by Gasteiger charge is 2.28. The number of halogens is 1. The van der Waals surface area contributed by atoms with Crippen LogP contribution < -0.4 is 14.8 Å². The first-order valence-corrected chi connectivity index (χ1v) is 13.0. The molecular formula is C28H37ClN2O4. The SMILES string of the molecule is CCOc1ccc(CCC(=O)N(Cc2ccc(Cl)cc2)[C@@H](C)C(=O)NC2CCCC2)cc1OCC. The minimum Gasteiger partial charge on any atom is -0.490 e. The Morgan fingerprint density at radius 2 is 1.63 bits per heavy atom. The second-order valence-electron chi connectivity index (χ2n) is 8.96. The number of hydrogen-bond donors (Lipinski definition) is 1. The zero-order chi connectivity index (χ0) is 25.2. The van der Waals surface area contributed by atoms with E-state index in [9.17, 15) is 9.59 Å². The molecule has 1 atom stereocenters. The van der Waals surface area contributed by atoms with E-state index < -0.39 is 6.04 Å². The summed E-state index contributed by atoms with van der Waals surface area (Å²) in [6, 6.07) is 12.8. The molecule has 190 valence electrons. The highest BCUT2D eigenvalue weighted by Crippen LogP contribution is 2.29. The Morgan fingerprint density at radius 1 is 1.00 bits per heavy atom. The maximum absolute atomic E-state index is 13.4. The Bertz CT molecular complexity index is 973. The van der Waals surface area contributed by atoms with Gasteiger partial charge in [0.1, 0.15) is 6.04 Å². The van der Waals surface area contributed by atoms with E-state index in [1.165, 1.54) is 0 Å². The van der Waals surface area contributed by atoms with Gasteiger partial charge in [-0.3, -0.25) is 9.59 Å². The van der Waals surface area contributed by atoms with Crippen molar-refractivity contribution < 1.29 is 19.1 Å². The van der Waals surface area contributed by atoms with Crippen LogP contribution >= 0.6 is 11.6 Å². The monoisotopic (exact) mass is 500 g/mol. The predicted molar refractivity (Wildman–Crippen MR) is 139 cm³/mol.